The Balaban J connectivity index is 2.06. The average molecular weight is 254 g/mol. The summed E-state index contributed by atoms with van der Waals surface area (Å²) in [4.78, 5) is 15.7. The van der Waals surface area contributed by atoms with E-state index >= 15 is 0 Å². The second-order valence-electron chi connectivity index (χ2n) is 3.98. The van der Waals surface area contributed by atoms with Crippen LogP contribution in [0.2, 0.25) is 0 Å². The van der Waals surface area contributed by atoms with Crippen LogP contribution in [0.1, 0.15) is 23.0 Å². The van der Waals surface area contributed by atoms with Crippen LogP contribution in [0, 0.1) is 0 Å². The smallest absolute Gasteiger partial charge is 0.289 e. The van der Waals surface area contributed by atoms with Crippen LogP contribution in [0.5, 0.6) is 0 Å². The second kappa shape index (κ2) is 5.77. The maximum Gasteiger partial charge on any atom is 0.289 e. The molecule has 1 aromatic heterocycles. The highest BCUT2D eigenvalue weighted by Crippen LogP contribution is 2.06. The van der Waals surface area contributed by atoms with Gasteiger partial charge in [-0.1, -0.05) is 18.2 Å². The van der Waals surface area contributed by atoms with Crippen molar-refractivity contribution in [1.82, 2.24) is 10.4 Å². The Morgan fingerprint density at radius 3 is 2.58 bits per heavy atom. The first-order valence-corrected chi connectivity index (χ1v) is 5.78. The topological polar surface area (TPSA) is 80.4 Å². The Hall–Kier alpha value is -2.69. The Morgan fingerprint density at radius 2 is 1.95 bits per heavy atom. The van der Waals surface area contributed by atoms with Crippen molar-refractivity contribution < 1.29 is 4.79 Å². The average Bonchev–Trinajstić information content (AvgIpc) is 2.46. The summed E-state index contributed by atoms with van der Waals surface area (Å²) in [7, 11) is 0. The van der Waals surface area contributed by atoms with E-state index in [2.05, 4.69) is 15.5 Å². The molecule has 2 rings (SSSR count). The molecule has 2 aromatic rings. The predicted molar refractivity (Wildman–Crippen MR) is 74.8 cm³/mol. The van der Waals surface area contributed by atoms with Gasteiger partial charge in [0.15, 0.2) is 0 Å². The number of nitrogens with two attached hydrogens (primary N) is 1. The molecular formula is C14H14N4O. The van der Waals surface area contributed by atoms with Gasteiger partial charge >= 0.3 is 0 Å². The molecule has 5 heteroatoms. The molecule has 0 radical (unpaired) electrons. The molecule has 0 aliphatic carbocycles. The van der Waals surface area contributed by atoms with Crippen molar-refractivity contribution in [3.63, 3.8) is 0 Å². The van der Waals surface area contributed by atoms with Crippen LogP contribution in [0.3, 0.4) is 0 Å². The van der Waals surface area contributed by atoms with Crippen LogP contribution in [0.15, 0.2) is 53.8 Å². The fourth-order valence-corrected chi connectivity index (χ4v) is 1.48. The number of hydrogen-bond donors (Lipinski definition) is 2. The van der Waals surface area contributed by atoms with Gasteiger partial charge in [0, 0.05) is 11.9 Å². The molecule has 0 bridgehead atoms. The highest BCUT2D eigenvalue weighted by atomic mass is 16.2. The van der Waals surface area contributed by atoms with Crippen LogP contribution in [0.4, 0.5) is 5.69 Å². The number of nitrogens with zero attached hydrogens (tertiary/aromatic N) is 2. The molecule has 0 aliphatic heterocycles. The summed E-state index contributed by atoms with van der Waals surface area (Å²) in [5.74, 6) is -0.338. The van der Waals surface area contributed by atoms with E-state index in [9.17, 15) is 4.79 Å². The van der Waals surface area contributed by atoms with E-state index in [4.69, 9.17) is 5.73 Å². The van der Waals surface area contributed by atoms with Crippen LogP contribution in [-0.4, -0.2) is 16.6 Å². The number of nitrogens with one attached hydrogen (secondary N) is 1. The lowest BCUT2D eigenvalue weighted by molar-refractivity contribution is 0.0950. The molecule has 0 fully saturated rings. The van der Waals surface area contributed by atoms with Crippen molar-refractivity contribution in [2.75, 3.05) is 5.73 Å². The first kappa shape index (κ1) is 12.8. The molecule has 1 aromatic carbocycles. The molecule has 0 saturated heterocycles. The van der Waals surface area contributed by atoms with Gasteiger partial charge in [0.2, 0.25) is 0 Å². The third-order valence-electron chi connectivity index (χ3n) is 2.55. The quantitative estimate of drug-likeness (QED) is 0.498. The molecule has 19 heavy (non-hydrogen) atoms. The van der Waals surface area contributed by atoms with Gasteiger partial charge in [0.05, 0.1) is 5.71 Å². The minimum atomic E-state index is -0.338. The first-order valence-electron chi connectivity index (χ1n) is 5.78. The number of carbonyl (C=O) groups excluding carboxylic acids is 1. The summed E-state index contributed by atoms with van der Waals surface area (Å²) < 4.78 is 0. The summed E-state index contributed by atoms with van der Waals surface area (Å²) in [6, 6.07) is 12.4. The summed E-state index contributed by atoms with van der Waals surface area (Å²) in [5.41, 5.74) is 10.7. The van der Waals surface area contributed by atoms with Gasteiger partial charge in [-0.05, 0) is 36.8 Å². The van der Waals surface area contributed by atoms with Crippen molar-refractivity contribution in [3.8, 4) is 0 Å². The molecular weight excluding hydrogens is 240 g/mol. The fourth-order valence-electron chi connectivity index (χ4n) is 1.48. The van der Waals surface area contributed by atoms with E-state index in [-0.39, 0.29) is 5.91 Å². The SMILES string of the molecule is CC(=NNC(=O)c1ccccn1)c1ccc(N)cc1. The number of hydrazone groups is 1. The van der Waals surface area contributed by atoms with E-state index in [1.54, 1.807) is 36.5 Å². The van der Waals surface area contributed by atoms with E-state index < -0.39 is 0 Å². The number of rotatable bonds is 3. The monoisotopic (exact) mass is 254 g/mol. The van der Waals surface area contributed by atoms with Crippen LogP contribution in [0.25, 0.3) is 0 Å². The zero-order valence-corrected chi connectivity index (χ0v) is 10.5. The molecule has 1 heterocycles. The van der Waals surface area contributed by atoms with Crippen molar-refractivity contribution in [3.05, 3.63) is 59.9 Å². The number of anilines is 1. The molecule has 0 aliphatic rings. The molecule has 0 spiro atoms. The number of pyridine rings is 1. The van der Waals surface area contributed by atoms with Crippen LogP contribution >= 0.6 is 0 Å². The van der Waals surface area contributed by atoms with Crippen molar-refractivity contribution in [2.45, 2.75) is 6.92 Å². The van der Waals surface area contributed by atoms with E-state index in [0.29, 0.717) is 17.1 Å². The van der Waals surface area contributed by atoms with Gasteiger partial charge in [0.1, 0.15) is 5.69 Å². The van der Waals surface area contributed by atoms with Gasteiger partial charge in [0.25, 0.3) is 5.91 Å². The van der Waals surface area contributed by atoms with E-state index in [1.165, 1.54) is 0 Å². The van der Waals surface area contributed by atoms with Crippen LogP contribution < -0.4 is 11.2 Å². The minimum Gasteiger partial charge on any atom is -0.399 e. The third-order valence-corrected chi connectivity index (χ3v) is 2.55. The fraction of sp³-hybridized carbons (Fsp3) is 0.0714. The Kier molecular flexibility index (Phi) is 3.87. The molecule has 96 valence electrons. The molecule has 0 saturated carbocycles. The van der Waals surface area contributed by atoms with Gasteiger partial charge < -0.3 is 5.73 Å². The Labute approximate surface area is 111 Å². The van der Waals surface area contributed by atoms with Crippen molar-refractivity contribution >= 4 is 17.3 Å². The summed E-state index contributed by atoms with van der Waals surface area (Å²) >= 11 is 0. The number of hydrogen-bond acceptors (Lipinski definition) is 4. The Bertz CT molecular complexity index is 591. The highest BCUT2D eigenvalue weighted by Gasteiger charge is 2.05. The van der Waals surface area contributed by atoms with Gasteiger partial charge in [-0.3, -0.25) is 9.78 Å². The van der Waals surface area contributed by atoms with Crippen molar-refractivity contribution in [2.24, 2.45) is 5.10 Å². The largest absolute Gasteiger partial charge is 0.399 e. The molecule has 0 unspecified atom stereocenters. The van der Waals surface area contributed by atoms with E-state index in [1.807, 2.05) is 19.1 Å². The lowest BCUT2D eigenvalue weighted by Gasteiger charge is -2.03. The first-order chi connectivity index (χ1) is 9.16. The lowest BCUT2D eigenvalue weighted by Crippen LogP contribution is -2.20. The standard InChI is InChI=1S/C14H14N4O/c1-10(11-5-7-12(15)8-6-11)17-18-14(19)13-4-2-3-9-16-13/h2-9H,15H2,1H3,(H,18,19). The zero-order chi connectivity index (χ0) is 13.7. The Morgan fingerprint density at radius 1 is 1.21 bits per heavy atom. The molecule has 3 N–H and O–H groups in total. The minimum absolute atomic E-state index is 0.330. The third kappa shape index (κ3) is 3.38. The number of aromatic nitrogens is 1. The highest BCUT2D eigenvalue weighted by molar-refractivity contribution is 6.00. The number of benzene rings is 1. The molecule has 0 atom stereocenters. The summed E-state index contributed by atoms with van der Waals surface area (Å²) in [6.45, 7) is 1.81. The summed E-state index contributed by atoms with van der Waals surface area (Å²) in [5, 5.41) is 4.04. The maximum absolute atomic E-state index is 11.7. The lowest BCUT2D eigenvalue weighted by atomic mass is 10.1. The number of carbonyl (C=O) groups is 1. The van der Waals surface area contributed by atoms with E-state index in [0.717, 1.165) is 5.56 Å². The normalized spacial score (nSPS) is 11.1. The molecule has 5 nitrogen and oxygen atoms in total. The van der Waals surface area contributed by atoms with Gasteiger partial charge in [-0.2, -0.15) is 5.10 Å². The summed E-state index contributed by atoms with van der Waals surface area (Å²) in [6.07, 6.45) is 1.56. The zero-order valence-electron chi connectivity index (χ0n) is 10.5. The van der Waals surface area contributed by atoms with Crippen LogP contribution in [-0.2, 0) is 0 Å². The van der Waals surface area contributed by atoms with Crippen molar-refractivity contribution in [1.29, 1.82) is 0 Å². The maximum atomic E-state index is 11.7. The van der Waals surface area contributed by atoms with Gasteiger partial charge in [-0.15, -0.1) is 0 Å². The molecule has 1 amide bonds. The number of amides is 1. The second-order valence-corrected chi connectivity index (χ2v) is 3.98. The number of nitrogen functional groups attached to an aromatic ring is 1. The predicted octanol–water partition coefficient (Wildman–Crippen LogP) is 1.82. The van der Waals surface area contributed by atoms with Gasteiger partial charge in [-0.25, -0.2) is 5.43 Å².